The van der Waals surface area contributed by atoms with E-state index in [1.165, 1.54) is 16.9 Å². The molecular formula is C24H32N4O2S. The van der Waals surface area contributed by atoms with Crippen LogP contribution in [-0.4, -0.2) is 54.3 Å². The molecule has 2 fully saturated rings. The van der Waals surface area contributed by atoms with Crippen LogP contribution >= 0.6 is 11.3 Å². The summed E-state index contributed by atoms with van der Waals surface area (Å²) in [5, 5.41) is 1.93. The predicted octanol–water partition coefficient (Wildman–Crippen LogP) is 3.45. The van der Waals surface area contributed by atoms with E-state index >= 15 is 0 Å². The average Bonchev–Trinajstić information content (AvgIpc) is 3.51. The smallest absolute Gasteiger partial charge is 0.263 e. The number of hydrazine groups is 1. The summed E-state index contributed by atoms with van der Waals surface area (Å²) in [7, 11) is 1.92. The lowest BCUT2D eigenvalue weighted by molar-refractivity contribution is -0.135. The second kappa shape index (κ2) is 10.4. The molecular weight excluding hydrogens is 408 g/mol. The van der Waals surface area contributed by atoms with Crippen LogP contribution in [0.25, 0.3) is 0 Å². The van der Waals surface area contributed by atoms with Crippen LogP contribution < -0.4 is 10.9 Å². The molecule has 0 radical (unpaired) electrons. The van der Waals surface area contributed by atoms with E-state index in [2.05, 4.69) is 35.1 Å². The Hall–Kier alpha value is -2.22. The zero-order valence-corrected chi connectivity index (χ0v) is 18.9. The number of nitrogens with zero attached hydrogens (tertiary/aromatic N) is 2. The molecule has 166 valence electrons. The fourth-order valence-corrected chi connectivity index (χ4v) is 5.29. The average molecular weight is 441 g/mol. The maximum atomic E-state index is 12.9. The van der Waals surface area contributed by atoms with Gasteiger partial charge in [0.15, 0.2) is 0 Å². The summed E-state index contributed by atoms with van der Waals surface area (Å²) >= 11 is 1.48. The van der Waals surface area contributed by atoms with Crippen LogP contribution in [0.4, 0.5) is 0 Å². The summed E-state index contributed by atoms with van der Waals surface area (Å²) in [6.07, 6.45) is 4.61. The minimum Gasteiger partial charge on any atom is -0.346 e. The molecule has 4 rings (SSSR count). The highest BCUT2D eigenvalue weighted by molar-refractivity contribution is 7.12. The van der Waals surface area contributed by atoms with E-state index in [0.717, 1.165) is 43.5 Å². The van der Waals surface area contributed by atoms with Crippen molar-refractivity contribution in [2.75, 3.05) is 26.7 Å². The number of amides is 2. The number of rotatable bonds is 7. The van der Waals surface area contributed by atoms with Gasteiger partial charge in [-0.15, -0.1) is 11.3 Å². The molecule has 0 bridgehead atoms. The standard InChI is InChI=1S/C24H32N4O2S/c1-27(13-5-9-20-17-21(26-25-20)18-7-3-2-4-8-18)23(29)19-11-14-28(15-12-19)24(30)22-10-6-16-31-22/h2-4,6-8,10,16,19-21,25-26H,5,9,11-15,17H2,1H3. The fraction of sp³-hybridized carbons (Fsp3) is 0.500. The SMILES string of the molecule is CN(CCCC1CC(c2ccccc2)NN1)C(=O)C1CCN(C(=O)c2cccs2)CC1. The molecule has 2 aliphatic rings. The van der Waals surface area contributed by atoms with Gasteiger partial charge in [0.1, 0.15) is 0 Å². The van der Waals surface area contributed by atoms with E-state index in [1.807, 2.05) is 40.4 Å². The maximum absolute atomic E-state index is 12.9. The van der Waals surface area contributed by atoms with Crippen LogP contribution in [0.3, 0.4) is 0 Å². The number of nitrogens with one attached hydrogen (secondary N) is 2. The number of benzene rings is 1. The van der Waals surface area contributed by atoms with Crippen LogP contribution in [0.1, 0.15) is 53.4 Å². The van der Waals surface area contributed by atoms with Gasteiger partial charge in [-0.1, -0.05) is 36.4 Å². The first-order valence-electron chi connectivity index (χ1n) is 11.3. The number of piperidine rings is 1. The molecule has 1 aromatic carbocycles. The molecule has 0 aliphatic carbocycles. The van der Waals surface area contributed by atoms with Gasteiger partial charge in [-0.25, -0.2) is 0 Å². The fourth-order valence-electron chi connectivity index (χ4n) is 4.60. The number of thiophene rings is 1. The van der Waals surface area contributed by atoms with Crippen molar-refractivity contribution in [1.82, 2.24) is 20.7 Å². The summed E-state index contributed by atoms with van der Waals surface area (Å²) in [5.41, 5.74) is 8.12. The van der Waals surface area contributed by atoms with E-state index in [9.17, 15) is 9.59 Å². The van der Waals surface area contributed by atoms with Crippen molar-refractivity contribution in [2.24, 2.45) is 5.92 Å². The van der Waals surface area contributed by atoms with Crippen molar-refractivity contribution in [1.29, 1.82) is 0 Å². The molecule has 2 amide bonds. The van der Waals surface area contributed by atoms with Crippen molar-refractivity contribution >= 4 is 23.2 Å². The first kappa shape index (κ1) is 22.0. The predicted molar refractivity (Wildman–Crippen MR) is 124 cm³/mol. The third kappa shape index (κ3) is 5.53. The molecule has 1 aromatic heterocycles. The third-order valence-corrected chi connectivity index (χ3v) is 7.33. The summed E-state index contributed by atoms with van der Waals surface area (Å²) < 4.78 is 0. The molecule has 2 saturated heterocycles. The number of likely N-dealkylation sites (tertiary alicyclic amines) is 1. The third-order valence-electron chi connectivity index (χ3n) is 6.47. The Morgan fingerprint density at radius 3 is 2.58 bits per heavy atom. The number of carbonyl (C=O) groups excluding carboxylic acids is 2. The van der Waals surface area contributed by atoms with Gasteiger partial charge in [-0.3, -0.25) is 20.4 Å². The maximum Gasteiger partial charge on any atom is 0.263 e. The zero-order chi connectivity index (χ0) is 21.6. The highest BCUT2D eigenvalue weighted by atomic mass is 32.1. The largest absolute Gasteiger partial charge is 0.346 e. The highest BCUT2D eigenvalue weighted by Crippen LogP contribution is 2.25. The van der Waals surface area contributed by atoms with Crippen molar-refractivity contribution in [3.05, 3.63) is 58.3 Å². The van der Waals surface area contributed by atoms with Gasteiger partial charge in [-0.05, 0) is 49.1 Å². The molecule has 0 saturated carbocycles. The molecule has 6 nitrogen and oxygen atoms in total. The quantitative estimate of drug-likeness (QED) is 0.692. The zero-order valence-electron chi connectivity index (χ0n) is 18.1. The van der Waals surface area contributed by atoms with Crippen LogP contribution in [0.15, 0.2) is 47.8 Å². The van der Waals surface area contributed by atoms with Gasteiger partial charge in [0.25, 0.3) is 5.91 Å². The Kier molecular flexibility index (Phi) is 7.37. The normalized spacial score (nSPS) is 21.9. The van der Waals surface area contributed by atoms with Gasteiger partial charge in [0.05, 0.1) is 4.88 Å². The summed E-state index contributed by atoms with van der Waals surface area (Å²) in [5.74, 6) is 0.356. The molecule has 31 heavy (non-hydrogen) atoms. The summed E-state index contributed by atoms with van der Waals surface area (Å²) in [6, 6.07) is 15.1. The van der Waals surface area contributed by atoms with Crippen LogP contribution in [-0.2, 0) is 4.79 Å². The minimum atomic E-state index is 0.0334. The molecule has 0 spiro atoms. The molecule has 2 aliphatic heterocycles. The molecule has 2 atom stereocenters. The van der Waals surface area contributed by atoms with Gasteiger partial charge in [0, 0.05) is 44.7 Å². The van der Waals surface area contributed by atoms with Gasteiger partial charge in [-0.2, -0.15) is 0 Å². The Morgan fingerprint density at radius 1 is 1.10 bits per heavy atom. The Bertz CT molecular complexity index is 850. The Labute approximate surface area is 188 Å². The van der Waals surface area contributed by atoms with Gasteiger partial charge in [0.2, 0.25) is 5.91 Å². The molecule has 3 heterocycles. The van der Waals surface area contributed by atoms with Gasteiger partial charge >= 0.3 is 0 Å². The van der Waals surface area contributed by atoms with Crippen LogP contribution in [0.5, 0.6) is 0 Å². The van der Waals surface area contributed by atoms with Gasteiger partial charge < -0.3 is 9.80 Å². The second-order valence-electron chi connectivity index (χ2n) is 8.63. The lowest BCUT2D eigenvalue weighted by Gasteiger charge is -2.33. The topological polar surface area (TPSA) is 64.7 Å². The van der Waals surface area contributed by atoms with Crippen LogP contribution in [0, 0.1) is 5.92 Å². The highest BCUT2D eigenvalue weighted by Gasteiger charge is 2.30. The van der Waals surface area contributed by atoms with E-state index in [4.69, 9.17) is 0 Å². The van der Waals surface area contributed by atoms with E-state index in [0.29, 0.717) is 25.2 Å². The number of hydrogen-bond acceptors (Lipinski definition) is 5. The monoisotopic (exact) mass is 440 g/mol. The summed E-state index contributed by atoms with van der Waals surface area (Å²) in [4.78, 5) is 29.9. The molecule has 7 heteroatoms. The molecule has 2 N–H and O–H groups in total. The first-order valence-corrected chi connectivity index (χ1v) is 12.1. The van der Waals surface area contributed by atoms with E-state index < -0.39 is 0 Å². The van der Waals surface area contributed by atoms with Crippen molar-refractivity contribution < 1.29 is 9.59 Å². The van der Waals surface area contributed by atoms with Crippen LogP contribution in [0.2, 0.25) is 0 Å². The number of hydrogen-bond donors (Lipinski definition) is 2. The summed E-state index contributed by atoms with van der Waals surface area (Å²) in [6.45, 7) is 2.11. The van der Waals surface area contributed by atoms with Crippen molar-refractivity contribution in [2.45, 2.75) is 44.2 Å². The lowest BCUT2D eigenvalue weighted by atomic mass is 9.95. The lowest BCUT2D eigenvalue weighted by Crippen LogP contribution is -2.43. The van der Waals surface area contributed by atoms with Crippen molar-refractivity contribution in [3.63, 3.8) is 0 Å². The first-order chi connectivity index (χ1) is 15.1. The Morgan fingerprint density at radius 2 is 1.87 bits per heavy atom. The van der Waals surface area contributed by atoms with E-state index in [1.54, 1.807) is 0 Å². The Balaban J connectivity index is 1.16. The minimum absolute atomic E-state index is 0.0334. The van der Waals surface area contributed by atoms with Crippen molar-refractivity contribution in [3.8, 4) is 0 Å². The molecule has 2 aromatic rings. The van der Waals surface area contributed by atoms with E-state index in [-0.39, 0.29) is 17.7 Å². The number of carbonyl (C=O) groups is 2. The second-order valence-corrected chi connectivity index (χ2v) is 9.58. The molecule has 2 unspecified atom stereocenters.